The molecule has 124 valence electrons. The van der Waals surface area contributed by atoms with E-state index in [-0.39, 0.29) is 23.7 Å². The van der Waals surface area contributed by atoms with Crippen LogP contribution in [-0.4, -0.2) is 22.9 Å². The predicted molar refractivity (Wildman–Crippen MR) is 87.1 cm³/mol. The molecule has 0 aromatic heterocycles. The van der Waals surface area contributed by atoms with Gasteiger partial charge in [0.2, 0.25) is 0 Å². The third-order valence-corrected chi connectivity index (χ3v) is 5.33. The monoisotopic (exact) mass is 317 g/mol. The molecule has 2 fully saturated rings. The van der Waals surface area contributed by atoms with Gasteiger partial charge < -0.3 is 11.1 Å². The molecule has 2 aliphatic carbocycles. The zero-order valence-electron chi connectivity index (χ0n) is 13.3. The summed E-state index contributed by atoms with van der Waals surface area (Å²) in [6.45, 7) is 1.66. The van der Waals surface area contributed by atoms with Crippen molar-refractivity contribution in [3.8, 4) is 0 Å². The number of nitro groups is 1. The second kappa shape index (κ2) is 6.28. The summed E-state index contributed by atoms with van der Waals surface area (Å²) in [4.78, 5) is 23.0. The number of aryl methyl sites for hydroxylation is 1. The molecule has 0 spiro atoms. The van der Waals surface area contributed by atoms with Gasteiger partial charge in [-0.05, 0) is 56.6 Å². The highest BCUT2D eigenvalue weighted by molar-refractivity contribution is 5.95. The van der Waals surface area contributed by atoms with Gasteiger partial charge in [0.1, 0.15) is 0 Å². The number of nitrogens with two attached hydrogens (primary N) is 1. The minimum Gasteiger partial charge on any atom is -0.349 e. The normalized spacial score (nSPS) is 29.8. The second-order valence-electron chi connectivity index (χ2n) is 6.94. The van der Waals surface area contributed by atoms with E-state index in [1.807, 2.05) is 0 Å². The molecule has 2 atom stereocenters. The first kappa shape index (κ1) is 15.9. The summed E-state index contributed by atoms with van der Waals surface area (Å²) in [5.74, 6) is 0.779. The zero-order valence-corrected chi connectivity index (χ0v) is 13.3. The molecule has 1 aromatic rings. The highest BCUT2D eigenvalue weighted by Gasteiger charge is 2.40. The Kier molecular flexibility index (Phi) is 4.35. The van der Waals surface area contributed by atoms with Gasteiger partial charge in [0.25, 0.3) is 11.6 Å². The molecule has 0 heterocycles. The maximum absolute atomic E-state index is 12.5. The quantitative estimate of drug-likeness (QED) is 0.661. The van der Waals surface area contributed by atoms with Crippen LogP contribution in [0.5, 0.6) is 0 Å². The van der Waals surface area contributed by atoms with Crippen molar-refractivity contribution in [3.05, 3.63) is 39.4 Å². The molecule has 2 saturated carbocycles. The smallest absolute Gasteiger partial charge is 0.272 e. The Hall–Kier alpha value is -1.95. The minimum atomic E-state index is -0.427. The van der Waals surface area contributed by atoms with E-state index in [1.54, 1.807) is 13.0 Å². The van der Waals surface area contributed by atoms with Crippen molar-refractivity contribution in [2.75, 3.05) is 0 Å². The summed E-state index contributed by atoms with van der Waals surface area (Å²) < 4.78 is 0. The second-order valence-corrected chi connectivity index (χ2v) is 6.94. The number of nitrogens with zero attached hydrogens (tertiary/aromatic N) is 1. The standard InChI is InChI=1S/C17H23N3O3/c1-10-7-13(5-6-15(10)20(22)23)17(21)19-16-11-3-2-4-12(16)9-14(18)8-11/h5-7,11-12,14,16H,2-4,8-9,18H2,1H3,(H,19,21). The minimum absolute atomic E-state index is 0.0436. The number of carbonyl (C=O) groups excluding carboxylic acids is 1. The molecule has 0 aliphatic heterocycles. The summed E-state index contributed by atoms with van der Waals surface area (Å²) in [6, 6.07) is 4.97. The van der Waals surface area contributed by atoms with Crippen LogP contribution in [0.4, 0.5) is 5.69 Å². The number of amides is 1. The lowest BCUT2D eigenvalue weighted by Crippen LogP contribution is -2.53. The predicted octanol–water partition coefficient (Wildman–Crippen LogP) is 2.54. The molecule has 0 radical (unpaired) electrons. The first-order valence-corrected chi connectivity index (χ1v) is 8.27. The van der Waals surface area contributed by atoms with E-state index >= 15 is 0 Å². The third-order valence-electron chi connectivity index (χ3n) is 5.33. The van der Waals surface area contributed by atoms with Crippen LogP contribution in [0.2, 0.25) is 0 Å². The number of benzene rings is 1. The van der Waals surface area contributed by atoms with Crippen LogP contribution < -0.4 is 11.1 Å². The summed E-state index contributed by atoms with van der Waals surface area (Å²) >= 11 is 0. The van der Waals surface area contributed by atoms with Crippen LogP contribution >= 0.6 is 0 Å². The molecule has 2 bridgehead atoms. The Labute approximate surface area is 135 Å². The van der Waals surface area contributed by atoms with E-state index < -0.39 is 4.92 Å². The third kappa shape index (κ3) is 3.22. The molecule has 2 unspecified atom stereocenters. The fraction of sp³-hybridized carbons (Fsp3) is 0.588. The van der Waals surface area contributed by atoms with E-state index in [0.29, 0.717) is 23.0 Å². The Morgan fingerprint density at radius 3 is 2.52 bits per heavy atom. The first-order valence-electron chi connectivity index (χ1n) is 8.27. The van der Waals surface area contributed by atoms with Gasteiger partial charge in [0, 0.05) is 29.3 Å². The van der Waals surface area contributed by atoms with E-state index in [9.17, 15) is 14.9 Å². The van der Waals surface area contributed by atoms with Gasteiger partial charge in [-0.25, -0.2) is 0 Å². The number of hydrogen-bond donors (Lipinski definition) is 2. The van der Waals surface area contributed by atoms with Crippen molar-refractivity contribution in [2.24, 2.45) is 17.6 Å². The fourth-order valence-electron chi connectivity index (χ4n) is 4.26. The molecular formula is C17H23N3O3. The van der Waals surface area contributed by atoms with Gasteiger partial charge in [-0.3, -0.25) is 14.9 Å². The van der Waals surface area contributed by atoms with E-state index in [0.717, 1.165) is 25.7 Å². The molecule has 0 saturated heterocycles. The number of fused-ring (bicyclic) bond motifs is 2. The molecule has 3 N–H and O–H groups in total. The van der Waals surface area contributed by atoms with Crippen molar-refractivity contribution in [1.82, 2.24) is 5.32 Å². The van der Waals surface area contributed by atoms with Gasteiger partial charge >= 0.3 is 0 Å². The summed E-state index contributed by atoms with van der Waals surface area (Å²) in [5, 5.41) is 14.0. The van der Waals surface area contributed by atoms with Gasteiger partial charge in [-0.15, -0.1) is 0 Å². The Bertz CT molecular complexity index is 618. The van der Waals surface area contributed by atoms with Crippen LogP contribution in [0.3, 0.4) is 0 Å². The van der Waals surface area contributed by atoms with Crippen molar-refractivity contribution >= 4 is 11.6 Å². The van der Waals surface area contributed by atoms with Crippen LogP contribution in [0.25, 0.3) is 0 Å². The molecule has 3 rings (SSSR count). The maximum Gasteiger partial charge on any atom is 0.272 e. The topological polar surface area (TPSA) is 98.3 Å². The number of rotatable bonds is 3. The Morgan fingerprint density at radius 1 is 1.30 bits per heavy atom. The van der Waals surface area contributed by atoms with Gasteiger partial charge in [-0.1, -0.05) is 6.42 Å². The Balaban J connectivity index is 1.74. The van der Waals surface area contributed by atoms with Crippen LogP contribution in [-0.2, 0) is 0 Å². The number of hydrogen-bond acceptors (Lipinski definition) is 4. The van der Waals surface area contributed by atoms with Crippen molar-refractivity contribution in [3.63, 3.8) is 0 Å². The molecular weight excluding hydrogens is 294 g/mol. The average molecular weight is 317 g/mol. The molecule has 6 heteroatoms. The van der Waals surface area contributed by atoms with Crippen LogP contribution in [0.1, 0.15) is 48.0 Å². The van der Waals surface area contributed by atoms with Crippen molar-refractivity contribution in [2.45, 2.75) is 51.1 Å². The number of nitrogens with one attached hydrogen (secondary N) is 1. The molecule has 6 nitrogen and oxygen atoms in total. The van der Waals surface area contributed by atoms with Gasteiger partial charge in [0.15, 0.2) is 0 Å². The fourth-order valence-corrected chi connectivity index (χ4v) is 4.26. The summed E-state index contributed by atoms with van der Waals surface area (Å²) in [6.07, 6.45) is 5.40. The molecule has 1 aromatic carbocycles. The van der Waals surface area contributed by atoms with E-state index in [4.69, 9.17) is 5.73 Å². The highest BCUT2D eigenvalue weighted by Crippen LogP contribution is 2.39. The molecule has 2 aliphatic rings. The molecule has 1 amide bonds. The summed E-state index contributed by atoms with van der Waals surface area (Å²) in [5.41, 5.74) is 7.16. The lowest BCUT2D eigenvalue weighted by atomic mass is 9.67. The average Bonchev–Trinajstić information content (AvgIpc) is 2.47. The highest BCUT2D eigenvalue weighted by atomic mass is 16.6. The van der Waals surface area contributed by atoms with E-state index in [2.05, 4.69) is 5.32 Å². The van der Waals surface area contributed by atoms with Gasteiger partial charge in [-0.2, -0.15) is 0 Å². The van der Waals surface area contributed by atoms with E-state index in [1.165, 1.54) is 18.6 Å². The lowest BCUT2D eigenvalue weighted by molar-refractivity contribution is -0.385. The lowest BCUT2D eigenvalue weighted by Gasteiger charge is -2.45. The van der Waals surface area contributed by atoms with Crippen molar-refractivity contribution in [1.29, 1.82) is 0 Å². The number of nitro benzene ring substituents is 1. The maximum atomic E-state index is 12.5. The number of carbonyl (C=O) groups is 1. The molecule has 23 heavy (non-hydrogen) atoms. The van der Waals surface area contributed by atoms with Crippen LogP contribution in [0.15, 0.2) is 18.2 Å². The van der Waals surface area contributed by atoms with Gasteiger partial charge in [0.05, 0.1) is 4.92 Å². The first-order chi connectivity index (χ1) is 11.0. The van der Waals surface area contributed by atoms with Crippen LogP contribution in [0, 0.1) is 28.9 Å². The van der Waals surface area contributed by atoms with Crippen molar-refractivity contribution < 1.29 is 9.72 Å². The largest absolute Gasteiger partial charge is 0.349 e. The summed E-state index contributed by atoms with van der Waals surface area (Å²) in [7, 11) is 0. The SMILES string of the molecule is Cc1cc(C(=O)NC2C3CCCC2CC(N)C3)ccc1[N+](=O)[O-]. The Morgan fingerprint density at radius 2 is 1.96 bits per heavy atom. The zero-order chi connectivity index (χ0) is 16.6.